The highest BCUT2D eigenvalue weighted by molar-refractivity contribution is 5.08. The van der Waals surface area contributed by atoms with Crippen molar-refractivity contribution in [3.63, 3.8) is 0 Å². The molecule has 0 unspecified atom stereocenters. The number of ether oxygens (including phenoxy) is 16. The van der Waals surface area contributed by atoms with E-state index in [0.717, 1.165) is 0 Å². The molecule has 0 radical (unpaired) electrons. The molecule has 0 bridgehead atoms. The lowest BCUT2D eigenvalue weighted by Crippen LogP contribution is -2.62. The van der Waals surface area contributed by atoms with Gasteiger partial charge in [0.05, 0.1) is 52.9 Å². The van der Waals surface area contributed by atoms with Gasteiger partial charge >= 0.3 is 0 Å². The quantitative estimate of drug-likeness (QED) is 0.107. The van der Waals surface area contributed by atoms with Crippen LogP contribution in [-0.4, -0.2) is 421 Å². The van der Waals surface area contributed by atoms with Crippen LogP contribution in [0.15, 0.2) is 0 Å². The number of hydrogen-bond donors (Lipinski definition) is 24. The molecule has 0 amide bonds. The average molecular weight is 1300 g/mol. The van der Waals surface area contributed by atoms with Crippen LogP contribution in [0.3, 0.4) is 0 Å². The van der Waals surface area contributed by atoms with Crippen LogP contribution in [0.5, 0.6) is 0 Å². The first kappa shape index (κ1) is 70.7. The van der Waals surface area contributed by atoms with Crippen LogP contribution in [0, 0.1) is 0 Å². The first-order chi connectivity index (χ1) is 41.6. The lowest BCUT2D eigenvalue weighted by atomic mass is 10.0. The lowest BCUT2D eigenvalue weighted by molar-refractivity contribution is -0.401. The number of hydrogen-bond acceptors (Lipinski definition) is 40. The van der Waals surface area contributed by atoms with Crippen LogP contribution in [-0.2, 0) is 75.8 Å². The maximum absolute atomic E-state index is 11.8. The molecule has 9 saturated heterocycles. The third-order valence-electron chi connectivity index (χ3n) is 17.6. The number of aliphatic hydroxyl groups excluding tert-OH is 24. The molecule has 8 spiro atoms. The Bertz CT molecular complexity index is 1790. The van der Waals surface area contributed by atoms with E-state index in [1.807, 2.05) is 0 Å². The fourth-order valence-electron chi connectivity index (χ4n) is 12.1. The highest BCUT2D eigenvalue weighted by Gasteiger charge is 2.69. The van der Waals surface area contributed by atoms with E-state index in [1.165, 1.54) is 0 Å². The molecule has 0 aromatic rings. The molecule has 0 aromatic heterocycles. The first-order valence-electron chi connectivity index (χ1n) is 27.9. The van der Waals surface area contributed by atoms with Crippen LogP contribution in [0.2, 0.25) is 0 Å². The third-order valence-corrected chi connectivity index (χ3v) is 17.6. The molecular weight excluding hydrogens is 1220 g/mol. The smallest absolute Gasteiger partial charge is 0.222 e. The lowest BCUT2D eigenvalue weighted by Gasteiger charge is -2.44. The Hall–Kier alpha value is -1.60. The SMILES string of the molecule is OC[C@H]1O[C@]2(CO[C@]3(CO[C@]4(CO[C@]5(CO[C@]6(CO[C@]7(CO[C@]8(CO[C@]9(CO2)O[C@H](CO)[C@@H](O)[C@@H]9O)O[C@H](CO)[C@@H](O)[C@@H]8O)O[C@H](CO)[C@@H](O)[C@@H]7O)O[C@H](CO)[C@@H](O)[C@@H]6O)O[C@H](CO)[C@@H](O)[C@@H]5O)O[C@H](CO)[C@@H](O)[C@@H]4O)O[C@H](CO)[C@@H](O)[C@@H]3O)[C@@H](O)[C@@H]1O. The summed E-state index contributed by atoms with van der Waals surface area (Å²) in [5, 5.41) is 267. The number of rotatable bonds is 8. The fourth-order valence-corrected chi connectivity index (χ4v) is 12.1. The molecule has 0 aromatic carbocycles. The van der Waals surface area contributed by atoms with Crippen LogP contribution >= 0.6 is 0 Å². The van der Waals surface area contributed by atoms with Gasteiger partial charge in [0, 0.05) is 0 Å². The van der Waals surface area contributed by atoms with Crippen LogP contribution < -0.4 is 0 Å². The molecule has 88 heavy (non-hydrogen) atoms. The van der Waals surface area contributed by atoms with Crippen molar-refractivity contribution in [2.75, 3.05) is 106 Å². The average Bonchev–Trinajstić information content (AvgIpc) is 1.70. The van der Waals surface area contributed by atoms with Gasteiger partial charge in [-0.05, 0) is 0 Å². The molecule has 9 aliphatic rings. The summed E-state index contributed by atoms with van der Waals surface area (Å²) in [5.41, 5.74) is 0. The molecule has 0 saturated carbocycles. The molecule has 512 valence electrons. The van der Waals surface area contributed by atoms with E-state index < -0.39 is 299 Å². The standard InChI is InChI=1S/C48H80O40/c49-1-17-25(57)33(65)41(81-17)9-74-43(35(67)27(59)19(3-51)83-43)11-76-45(37(69)29(61)21(5-53)85-45)13-78-47(39(71)31(63)23(7-55)87-47)15-80-48(40(72)32(64)24(8-56)88-48)16-79-46(38(70)30(62)22(6-54)86-46)14-77-44(36(68)28(60)20(4-52)84-44)12-75-42(10-73-41)34(66)26(58)18(2-50)82-42/h17-40,49-72H,1-16H2/t17-,18-,19-,20-,21-,22-,23-,24-,25-,26-,27-,28-,29-,30-,31-,32-,33+,34+,35+,36+,37+,38+,39+,40+,41-,42-,43-,44-,45-,46-,47-,48-/m1/s1. The van der Waals surface area contributed by atoms with Crippen molar-refractivity contribution in [3.05, 3.63) is 0 Å². The molecule has 9 aliphatic heterocycles. The van der Waals surface area contributed by atoms with E-state index in [1.54, 1.807) is 0 Å². The van der Waals surface area contributed by atoms with Crippen molar-refractivity contribution in [2.24, 2.45) is 0 Å². The number of aliphatic hydroxyl groups is 24. The molecule has 24 N–H and O–H groups in total. The highest BCUT2D eigenvalue weighted by Crippen LogP contribution is 2.47. The normalized spacial score (nSPS) is 55.4. The van der Waals surface area contributed by atoms with E-state index in [4.69, 9.17) is 75.8 Å². The maximum Gasteiger partial charge on any atom is 0.222 e. The van der Waals surface area contributed by atoms with Gasteiger partial charge in [-0.2, -0.15) is 0 Å². The zero-order valence-corrected chi connectivity index (χ0v) is 46.4. The Kier molecular flexibility index (Phi) is 21.6. The largest absolute Gasteiger partial charge is 0.394 e. The second kappa shape index (κ2) is 26.9. The van der Waals surface area contributed by atoms with Crippen molar-refractivity contribution in [1.29, 1.82) is 0 Å². The summed E-state index contributed by atoms with van der Waals surface area (Å²) in [6.45, 7) is -20.6. The maximum atomic E-state index is 11.8. The van der Waals surface area contributed by atoms with Crippen molar-refractivity contribution in [3.8, 4) is 0 Å². The molecule has 40 heteroatoms. The topological polar surface area (TPSA) is 633 Å². The van der Waals surface area contributed by atoms with Gasteiger partial charge in [-0.15, -0.1) is 0 Å². The van der Waals surface area contributed by atoms with E-state index in [9.17, 15) is 123 Å². The van der Waals surface area contributed by atoms with Gasteiger partial charge in [0.15, 0.2) is 0 Å². The van der Waals surface area contributed by atoms with Gasteiger partial charge in [0.1, 0.15) is 199 Å². The van der Waals surface area contributed by atoms with Gasteiger partial charge in [-0.25, -0.2) is 0 Å². The minimum absolute atomic E-state index is 1.12. The summed E-state index contributed by atoms with van der Waals surface area (Å²) in [5.74, 6) is -24.3. The van der Waals surface area contributed by atoms with Crippen LogP contribution in [0.1, 0.15) is 0 Å². The Morgan fingerprint density at radius 3 is 0.341 bits per heavy atom. The molecule has 9 fully saturated rings. The van der Waals surface area contributed by atoms with Gasteiger partial charge in [-0.3, -0.25) is 0 Å². The van der Waals surface area contributed by atoms with Crippen molar-refractivity contribution >= 4 is 0 Å². The summed E-state index contributed by atoms with van der Waals surface area (Å²) in [7, 11) is 0. The Morgan fingerprint density at radius 2 is 0.273 bits per heavy atom. The molecule has 9 rings (SSSR count). The Labute approximate surface area is 496 Å². The molecule has 0 aliphatic carbocycles. The predicted octanol–water partition coefficient (Wildman–Crippen LogP) is -17.4. The molecule has 40 nitrogen and oxygen atoms in total. The minimum atomic E-state index is -3.03. The van der Waals surface area contributed by atoms with Crippen molar-refractivity contribution in [2.45, 2.75) is 193 Å². The van der Waals surface area contributed by atoms with E-state index in [2.05, 4.69) is 0 Å². The van der Waals surface area contributed by atoms with E-state index >= 15 is 0 Å². The van der Waals surface area contributed by atoms with Gasteiger partial charge in [-0.1, -0.05) is 0 Å². The zero-order valence-electron chi connectivity index (χ0n) is 46.4. The summed E-state index contributed by atoms with van der Waals surface area (Å²) in [6.07, 6.45) is -51.8. The summed E-state index contributed by atoms with van der Waals surface area (Å²) < 4.78 is 95.4. The fraction of sp³-hybridized carbons (Fsp3) is 1.00. The molecular formula is C48H80O40. The predicted molar refractivity (Wildman–Crippen MR) is 261 cm³/mol. The second-order valence-corrected chi connectivity index (χ2v) is 23.0. The zero-order chi connectivity index (χ0) is 64.5. The van der Waals surface area contributed by atoms with Crippen molar-refractivity contribution in [1.82, 2.24) is 0 Å². The van der Waals surface area contributed by atoms with Gasteiger partial charge in [0.25, 0.3) is 0 Å². The first-order valence-corrected chi connectivity index (χ1v) is 27.9. The molecule has 32 atom stereocenters. The molecule has 9 heterocycles. The Morgan fingerprint density at radius 1 is 0.182 bits per heavy atom. The third kappa shape index (κ3) is 11.9. The summed E-state index contributed by atoms with van der Waals surface area (Å²) in [4.78, 5) is 0. The monoisotopic (exact) mass is 1300 g/mol. The van der Waals surface area contributed by atoms with Crippen molar-refractivity contribution < 1.29 is 198 Å². The highest BCUT2D eigenvalue weighted by atomic mass is 16.9. The second-order valence-electron chi connectivity index (χ2n) is 23.0. The van der Waals surface area contributed by atoms with Gasteiger partial charge < -0.3 is 198 Å². The summed E-state index contributed by atoms with van der Waals surface area (Å²) >= 11 is 0. The van der Waals surface area contributed by atoms with Crippen LogP contribution in [0.4, 0.5) is 0 Å². The minimum Gasteiger partial charge on any atom is -0.394 e. The Balaban J connectivity index is 1.20. The van der Waals surface area contributed by atoms with Crippen LogP contribution in [0.25, 0.3) is 0 Å². The van der Waals surface area contributed by atoms with Gasteiger partial charge in [0.2, 0.25) is 46.3 Å². The summed E-state index contributed by atoms with van der Waals surface area (Å²) in [6, 6.07) is 0. The van der Waals surface area contributed by atoms with E-state index in [0.29, 0.717) is 0 Å². The van der Waals surface area contributed by atoms with E-state index in [-0.39, 0.29) is 0 Å².